The fraction of sp³-hybridized carbons (Fsp3) is 0.688. The number of amides is 3. The Hall–Kier alpha value is -2.09. The van der Waals surface area contributed by atoms with E-state index in [1.807, 2.05) is 6.92 Å². The molecule has 8 heteroatoms. The summed E-state index contributed by atoms with van der Waals surface area (Å²) < 4.78 is 5.12. The summed E-state index contributed by atoms with van der Waals surface area (Å²) in [5.41, 5.74) is 0.916. The van der Waals surface area contributed by atoms with Gasteiger partial charge in [0.15, 0.2) is 0 Å². The third-order valence-corrected chi connectivity index (χ3v) is 3.93. The van der Waals surface area contributed by atoms with Crippen molar-refractivity contribution in [2.45, 2.75) is 45.2 Å². The molecule has 0 aromatic carbocycles. The first-order valence-electron chi connectivity index (χ1n) is 8.40. The van der Waals surface area contributed by atoms with Gasteiger partial charge in [-0.15, -0.1) is 0 Å². The van der Waals surface area contributed by atoms with E-state index in [2.05, 4.69) is 16.0 Å². The van der Waals surface area contributed by atoms with Crippen molar-refractivity contribution in [2.24, 2.45) is 0 Å². The summed E-state index contributed by atoms with van der Waals surface area (Å²) in [6, 6.07) is -0.425. The minimum absolute atomic E-state index is 0.0504. The molecule has 0 radical (unpaired) electrons. The molecule has 2 aliphatic rings. The first kappa shape index (κ1) is 18.3. The number of esters is 1. The van der Waals surface area contributed by atoms with Crippen LogP contribution in [0.15, 0.2) is 11.3 Å². The van der Waals surface area contributed by atoms with Crippen molar-refractivity contribution in [3.63, 3.8) is 0 Å². The molecule has 1 aliphatic heterocycles. The maximum absolute atomic E-state index is 12.3. The number of rotatable bonds is 8. The molecule has 1 saturated carbocycles. The Bertz CT molecular complexity index is 542. The molecule has 0 bridgehead atoms. The van der Waals surface area contributed by atoms with Crippen LogP contribution in [0.3, 0.4) is 0 Å². The average molecular weight is 338 g/mol. The lowest BCUT2D eigenvalue weighted by molar-refractivity contribution is -0.139. The van der Waals surface area contributed by atoms with E-state index < -0.39 is 5.97 Å². The Morgan fingerprint density at radius 1 is 1.33 bits per heavy atom. The predicted molar refractivity (Wildman–Crippen MR) is 88.1 cm³/mol. The molecule has 1 fully saturated rings. The molecular weight excluding hydrogens is 312 g/mol. The minimum Gasteiger partial charge on any atom is -0.463 e. The van der Waals surface area contributed by atoms with Crippen molar-refractivity contribution in [1.29, 1.82) is 0 Å². The van der Waals surface area contributed by atoms with Gasteiger partial charge in [-0.2, -0.15) is 0 Å². The van der Waals surface area contributed by atoms with Crippen LogP contribution >= 0.6 is 0 Å². The van der Waals surface area contributed by atoms with E-state index in [1.165, 1.54) is 0 Å². The quantitative estimate of drug-likeness (QED) is 0.545. The van der Waals surface area contributed by atoms with Gasteiger partial charge in [0.1, 0.15) is 0 Å². The van der Waals surface area contributed by atoms with Gasteiger partial charge < -0.3 is 20.7 Å². The van der Waals surface area contributed by atoms with E-state index in [-0.39, 0.29) is 37.7 Å². The first-order chi connectivity index (χ1) is 11.4. The summed E-state index contributed by atoms with van der Waals surface area (Å²) in [4.78, 5) is 37.7. The zero-order valence-corrected chi connectivity index (χ0v) is 14.5. The van der Waals surface area contributed by atoms with Crippen LogP contribution in [0.25, 0.3) is 0 Å². The Balaban J connectivity index is 2.09. The molecule has 1 unspecified atom stereocenters. The van der Waals surface area contributed by atoms with Gasteiger partial charge >= 0.3 is 12.0 Å². The third-order valence-electron chi connectivity index (χ3n) is 3.93. The fourth-order valence-corrected chi connectivity index (χ4v) is 2.66. The number of carbonyl (C=O) groups excluding carboxylic acids is 3. The van der Waals surface area contributed by atoms with Crippen LogP contribution in [-0.2, 0) is 14.3 Å². The SMILES string of the molecule is CCOC(=O)C1=C(CN(C)CC(=O)NC2CC2)NC(=O)NC1CC. The van der Waals surface area contributed by atoms with Crippen LogP contribution in [-0.4, -0.2) is 61.6 Å². The smallest absolute Gasteiger partial charge is 0.337 e. The molecular formula is C16H26N4O4. The van der Waals surface area contributed by atoms with Gasteiger partial charge in [0, 0.05) is 18.3 Å². The van der Waals surface area contributed by atoms with Crippen LogP contribution in [0.1, 0.15) is 33.1 Å². The van der Waals surface area contributed by atoms with E-state index >= 15 is 0 Å². The van der Waals surface area contributed by atoms with Gasteiger partial charge in [0.2, 0.25) is 5.91 Å². The highest BCUT2D eigenvalue weighted by molar-refractivity contribution is 5.94. The Labute approximate surface area is 142 Å². The second-order valence-corrected chi connectivity index (χ2v) is 6.19. The van der Waals surface area contributed by atoms with Crippen LogP contribution in [0.2, 0.25) is 0 Å². The van der Waals surface area contributed by atoms with E-state index in [0.717, 1.165) is 12.8 Å². The zero-order valence-electron chi connectivity index (χ0n) is 14.5. The topological polar surface area (TPSA) is 99.8 Å². The summed E-state index contributed by atoms with van der Waals surface area (Å²) >= 11 is 0. The number of urea groups is 1. The molecule has 134 valence electrons. The van der Waals surface area contributed by atoms with Gasteiger partial charge in [-0.25, -0.2) is 9.59 Å². The highest BCUT2D eigenvalue weighted by Crippen LogP contribution is 2.19. The predicted octanol–water partition coefficient (Wildman–Crippen LogP) is 0.105. The van der Waals surface area contributed by atoms with Crippen LogP contribution in [0.4, 0.5) is 4.79 Å². The molecule has 3 amide bonds. The van der Waals surface area contributed by atoms with Crippen LogP contribution in [0.5, 0.6) is 0 Å². The van der Waals surface area contributed by atoms with Gasteiger partial charge in [0.25, 0.3) is 0 Å². The summed E-state index contributed by atoms with van der Waals surface area (Å²) in [5.74, 6) is -0.492. The second-order valence-electron chi connectivity index (χ2n) is 6.19. The standard InChI is InChI=1S/C16H26N4O4/c1-4-11-14(15(22)24-5-2)12(19-16(23)18-11)8-20(3)9-13(21)17-10-6-7-10/h10-11H,4-9H2,1-3H3,(H,17,21)(H2,18,19,23). The number of ether oxygens (including phenoxy) is 1. The highest BCUT2D eigenvalue weighted by atomic mass is 16.5. The number of hydrogen-bond donors (Lipinski definition) is 3. The van der Waals surface area contributed by atoms with E-state index in [1.54, 1.807) is 18.9 Å². The maximum Gasteiger partial charge on any atom is 0.337 e. The van der Waals surface area contributed by atoms with Crippen molar-refractivity contribution >= 4 is 17.9 Å². The number of hydrogen-bond acceptors (Lipinski definition) is 5. The summed E-state index contributed by atoms with van der Waals surface area (Å²) in [5, 5.41) is 8.33. The summed E-state index contributed by atoms with van der Waals surface area (Å²) in [6.07, 6.45) is 2.65. The Kier molecular flexibility index (Phi) is 6.19. The largest absolute Gasteiger partial charge is 0.463 e. The summed E-state index contributed by atoms with van der Waals surface area (Å²) in [6.45, 7) is 4.38. The van der Waals surface area contributed by atoms with Crippen molar-refractivity contribution in [1.82, 2.24) is 20.9 Å². The molecule has 1 heterocycles. The van der Waals surface area contributed by atoms with Crippen molar-refractivity contribution < 1.29 is 19.1 Å². The van der Waals surface area contributed by atoms with Crippen molar-refractivity contribution in [3.8, 4) is 0 Å². The average Bonchev–Trinajstić information content (AvgIpc) is 3.30. The maximum atomic E-state index is 12.3. The number of carbonyl (C=O) groups is 3. The Morgan fingerprint density at radius 2 is 2.04 bits per heavy atom. The normalized spacial score (nSPS) is 20.5. The monoisotopic (exact) mass is 338 g/mol. The molecule has 8 nitrogen and oxygen atoms in total. The van der Waals surface area contributed by atoms with E-state index in [4.69, 9.17) is 4.74 Å². The van der Waals surface area contributed by atoms with E-state index in [0.29, 0.717) is 23.7 Å². The first-order valence-corrected chi connectivity index (χ1v) is 8.40. The third kappa shape index (κ3) is 4.95. The molecule has 1 aliphatic carbocycles. The van der Waals surface area contributed by atoms with Gasteiger partial charge in [-0.3, -0.25) is 9.69 Å². The Morgan fingerprint density at radius 3 is 2.62 bits per heavy atom. The fourth-order valence-electron chi connectivity index (χ4n) is 2.66. The number of nitrogens with one attached hydrogen (secondary N) is 3. The lowest BCUT2D eigenvalue weighted by atomic mass is 10.00. The lowest BCUT2D eigenvalue weighted by Crippen LogP contribution is -2.52. The summed E-state index contributed by atoms with van der Waals surface area (Å²) in [7, 11) is 1.78. The van der Waals surface area contributed by atoms with Crippen molar-refractivity contribution in [3.05, 3.63) is 11.3 Å². The number of likely N-dealkylation sites (N-methyl/N-ethyl adjacent to an activating group) is 1. The minimum atomic E-state index is -0.442. The number of nitrogens with zero attached hydrogens (tertiary/aromatic N) is 1. The molecule has 2 rings (SSSR count). The van der Waals surface area contributed by atoms with E-state index in [9.17, 15) is 14.4 Å². The molecule has 0 saturated heterocycles. The van der Waals surface area contributed by atoms with Crippen molar-refractivity contribution in [2.75, 3.05) is 26.7 Å². The second kappa shape index (κ2) is 8.14. The molecule has 0 aromatic rings. The van der Waals surface area contributed by atoms with Crippen LogP contribution < -0.4 is 16.0 Å². The molecule has 3 N–H and O–H groups in total. The van der Waals surface area contributed by atoms with Gasteiger partial charge in [-0.1, -0.05) is 6.92 Å². The van der Waals surface area contributed by atoms with Gasteiger partial charge in [0.05, 0.1) is 24.8 Å². The molecule has 0 aromatic heterocycles. The van der Waals surface area contributed by atoms with Crippen LogP contribution in [0, 0.1) is 0 Å². The lowest BCUT2D eigenvalue weighted by Gasteiger charge is -2.30. The highest BCUT2D eigenvalue weighted by Gasteiger charge is 2.32. The van der Waals surface area contributed by atoms with Gasteiger partial charge in [-0.05, 0) is 33.2 Å². The molecule has 1 atom stereocenters. The zero-order chi connectivity index (χ0) is 17.7. The molecule has 0 spiro atoms. The molecule has 24 heavy (non-hydrogen) atoms.